The highest BCUT2D eigenvalue weighted by Crippen LogP contribution is 2.36. The van der Waals surface area contributed by atoms with Gasteiger partial charge in [-0.1, -0.05) is 11.6 Å². The van der Waals surface area contributed by atoms with Crippen molar-refractivity contribution in [2.24, 2.45) is 0 Å². The molecule has 0 aromatic heterocycles. The summed E-state index contributed by atoms with van der Waals surface area (Å²) in [5, 5.41) is 8.20. The Kier molecular flexibility index (Phi) is 3.39. The van der Waals surface area contributed by atoms with Gasteiger partial charge in [-0.3, -0.25) is 0 Å². The topological polar surface area (TPSA) is 20.2 Å². The van der Waals surface area contributed by atoms with Crippen LogP contribution >= 0.6 is 11.6 Å². The maximum Gasteiger partial charge on any atom is 0.276 e. The van der Waals surface area contributed by atoms with Crippen LogP contribution in [0.15, 0.2) is 18.2 Å². The third kappa shape index (κ3) is 2.39. The minimum absolute atomic E-state index is 0.204. The maximum absolute atomic E-state index is 13.2. The smallest absolute Gasteiger partial charge is 0.276 e. The van der Waals surface area contributed by atoms with Gasteiger partial charge in [0.2, 0.25) is 0 Å². The molecule has 14 heavy (non-hydrogen) atoms. The van der Waals surface area contributed by atoms with E-state index in [9.17, 15) is 13.2 Å². The Hall–Kier alpha value is -0.740. The van der Waals surface area contributed by atoms with Crippen LogP contribution in [-0.4, -0.2) is 11.7 Å². The third-order valence-corrected chi connectivity index (χ3v) is 2.08. The van der Waals surface area contributed by atoms with Crippen molar-refractivity contribution in [3.63, 3.8) is 0 Å². The number of aliphatic hydroxyl groups is 1. The molecule has 0 saturated carbocycles. The van der Waals surface area contributed by atoms with E-state index in [-0.39, 0.29) is 5.02 Å². The fourth-order valence-electron chi connectivity index (χ4n) is 1.05. The first-order valence-electron chi connectivity index (χ1n) is 3.91. The van der Waals surface area contributed by atoms with Crippen LogP contribution in [0.2, 0.25) is 5.02 Å². The van der Waals surface area contributed by atoms with E-state index in [4.69, 9.17) is 16.7 Å². The van der Waals surface area contributed by atoms with E-state index in [1.54, 1.807) is 0 Å². The van der Waals surface area contributed by atoms with E-state index in [0.29, 0.717) is 6.07 Å². The van der Waals surface area contributed by atoms with E-state index in [1.807, 2.05) is 0 Å². The summed E-state index contributed by atoms with van der Waals surface area (Å²) in [6.45, 7) is -0.681. The van der Waals surface area contributed by atoms with Crippen molar-refractivity contribution in [1.29, 1.82) is 0 Å². The van der Waals surface area contributed by atoms with Crippen molar-refractivity contribution in [2.75, 3.05) is 6.61 Å². The van der Waals surface area contributed by atoms with Gasteiger partial charge >= 0.3 is 0 Å². The molecule has 0 atom stereocenters. The van der Waals surface area contributed by atoms with Crippen LogP contribution in [0.3, 0.4) is 0 Å². The molecule has 1 aromatic carbocycles. The maximum atomic E-state index is 13.2. The number of rotatable bonds is 3. The molecular formula is C9H8ClF3O. The largest absolute Gasteiger partial charge is 0.396 e. The highest BCUT2D eigenvalue weighted by molar-refractivity contribution is 6.31. The lowest BCUT2D eigenvalue weighted by atomic mass is 10.1. The first-order valence-corrected chi connectivity index (χ1v) is 4.29. The number of hydrogen-bond acceptors (Lipinski definition) is 1. The summed E-state index contributed by atoms with van der Waals surface area (Å²) in [6.07, 6.45) is -0.768. The van der Waals surface area contributed by atoms with Gasteiger partial charge < -0.3 is 5.11 Å². The molecule has 0 unspecified atom stereocenters. The Morgan fingerprint density at radius 2 is 2.00 bits per heavy atom. The molecule has 1 nitrogen and oxygen atoms in total. The fraction of sp³-hybridized carbons (Fsp3) is 0.333. The zero-order chi connectivity index (χ0) is 10.8. The summed E-state index contributed by atoms with van der Waals surface area (Å²) in [5.74, 6) is -4.07. The summed E-state index contributed by atoms with van der Waals surface area (Å²) >= 11 is 5.49. The minimum Gasteiger partial charge on any atom is -0.396 e. The molecule has 0 bridgehead atoms. The van der Waals surface area contributed by atoms with Crippen molar-refractivity contribution >= 4 is 11.6 Å². The standard InChI is InChI=1S/C9H8ClF3O/c10-8-2-1-6(11)5-7(8)9(12,13)3-4-14/h1-2,5,14H,3-4H2. The zero-order valence-corrected chi connectivity index (χ0v) is 7.86. The van der Waals surface area contributed by atoms with Crippen LogP contribution in [0.25, 0.3) is 0 Å². The highest BCUT2D eigenvalue weighted by atomic mass is 35.5. The summed E-state index contributed by atoms with van der Waals surface area (Å²) in [6, 6.07) is 2.75. The Bertz CT molecular complexity index is 328. The van der Waals surface area contributed by atoms with Crippen molar-refractivity contribution in [3.05, 3.63) is 34.6 Å². The van der Waals surface area contributed by atoms with E-state index in [1.165, 1.54) is 0 Å². The predicted molar refractivity (Wildman–Crippen MR) is 47.0 cm³/mol. The summed E-state index contributed by atoms with van der Waals surface area (Å²) in [5.41, 5.74) is -0.590. The van der Waals surface area contributed by atoms with Gasteiger partial charge in [-0.2, -0.15) is 0 Å². The lowest BCUT2D eigenvalue weighted by molar-refractivity contribution is -0.0271. The number of benzene rings is 1. The van der Waals surface area contributed by atoms with Gasteiger partial charge in [0.05, 0.1) is 0 Å². The van der Waals surface area contributed by atoms with Gasteiger partial charge in [-0.15, -0.1) is 0 Å². The molecule has 0 fully saturated rings. The van der Waals surface area contributed by atoms with E-state index in [2.05, 4.69) is 0 Å². The molecule has 5 heteroatoms. The monoisotopic (exact) mass is 224 g/mol. The molecule has 0 aliphatic heterocycles. The SMILES string of the molecule is OCCC(F)(F)c1cc(F)ccc1Cl. The lowest BCUT2D eigenvalue weighted by Gasteiger charge is -2.16. The van der Waals surface area contributed by atoms with Crippen LogP contribution in [0.4, 0.5) is 13.2 Å². The molecule has 0 amide bonds. The van der Waals surface area contributed by atoms with E-state index in [0.717, 1.165) is 12.1 Å². The molecule has 1 aromatic rings. The summed E-state index contributed by atoms with van der Waals surface area (Å²) in [4.78, 5) is 0. The third-order valence-electron chi connectivity index (χ3n) is 1.75. The van der Waals surface area contributed by atoms with Crippen LogP contribution in [-0.2, 0) is 5.92 Å². The van der Waals surface area contributed by atoms with Crippen molar-refractivity contribution in [3.8, 4) is 0 Å². The second kappa shape index (κ2) is 4.19. The van der Waals surface area contributed by atoms with Gasteiger partial charge in [-0.25, -0.2) is 13.2 Å². The Morgan fingerprint density at radius 3 is 2.57 bits per heavy atom. The van der Waals surface area contributed by atoms with Crippen LogP contribution < -0.4 is 0 Å². The minimum atomic E-state index is -3.30. The van der Waals surface area contributed by atoms with Crippen molar-refractivity contribution in [2.45, 2.75) is 12.3 Å². The molecular weight excluding hydrogens is 217 g/mol. The average molecular weight is 225 g/mol. The molecule has 0 aliphatic carbocycles. The Balaban J connectivity index is 3.10. The van der Waals surface area contributed by atoms with Gasteiger partial charge in [-0.05, 0) is 18.2 Å². The molecule has 78 valence electrons. The van der Waals surface area contributed by atoms with E-state index >= 15 is 0 Å². The molecule has 0 aliphatic rings. The van der Waals surface area contributed by atoms with Gasteiger partial charge in [0, 0.05) is 23.6 Å². The molecule has 0 heterocycles. The second-order valence-electron chi connectivity index (χ2n) is 2.80. The molecule has 0 radical (unpaired) electrons. The number of hydrogen-bond donors (Lipinski definition) is 1. The summed E-state index contributed by atoms with van der Waals surface area (Å²) < 4.78 is 39.0. The molecule has 0 saturated heterocycles. The summed E-state index contributed by atoms with van der Waals surface area (Å²) in [7, 11) is 0. The van der Waals surface area contributed by atoms with Crippen LogP contribution in [0.5, 0.6) is 0 Å². The number of aliphatic hydroxyl groups excluding tert-OH is 1. The fourth-order valence-corrected chi connectivity index (χ4v) is 1.31. The second-order valence-corrected chi connectivity index (χ2v) is 3.21. The molecule has 1 N–H and O–H groups in total. The lowest BCUT2D eigenvalue weighted by Crippen LogP contribution is -2.16. The van der Waals surface area contributed by atoms with Gasteiger partial charge in [0.25, 0.3) is 5.92 Å². The number of alkyl halides is 2. The predicted octanol–water partition coefficient (Wildman–Crippen LogP) is 2.95. The van der Waals surface area contributed by atoms with E-state index < -0.39 is 30.3 Å². The normalized spacial score (nSPS) is 11.8. The number of halogens is 4. The Labute approximate surface area is 84.1 Å². The average Bonchev–Trinajstić information content (AvgIpc) is 2.09. The zero-order valence-electron chi connectivity index (χ0n) is 7.11. The first-order chi connectivity index (χ1) is 6.47. The van der Waals surface area contributed by atoms with Crippen molar-refractivity contribution in [1.82, 2.24) is 0 Å². The van der Waals surface area contributed by atoms with Crippen LogP contribution in [0.1, 0.15) is 12.0 Å². The highest BCUT2D eigenvalue weighted by Gasteiger charge is 2.33. The van der Waals surface area contributed by atoms with Gasteiger partial charge in [0.15, 0.2) is 0 Å². The van der Waals surface area contributed by atoms with Gasteiger partial charge in [0.1, 0.15) is 5.82 Å². The Morgan fingerprint density at radius 1 is 1.36 bits per heavy atom. The quantitative estimate of drug-likeness (QED) is 0.837. The van der Waals surface area contributed by atoms with Crippen molar-refractivity contribution < 1.29 is 18.3 Å². The molecule has 1 rings (SSSR count). The first kappa shape index (κ1) is 11.3. The molecule has 0 spiro atoms. The van der Waals surface area contributed by atoms with Crippen LogP contribution in [0, 0.1) is 5.82 Å².